The minimum atomic E-state index is -1.45. The number of hydrogen-bond acceptors (Lipinski definition) is 9. The van der Waals surface area contributed by atoms with Crippen LogP contribution in [0, 0.1) is 0 Å². The van der Waals surface area contributed by atoms with Crippen LogP contribution in [0.25, 0.3) is 0 Å². The van der Waals surface area contributed by atoms with Gasteiger partial charge in [-0.1, -0.05) is 6.07 Å². The highest BCUT2D eigenvalue weighted by Gasteiger charge is 2.31. The van der Waals surface area contributed by atoms with Gasteiger partial charge < -0.3 is 37.3 Å². The maximum absolute atomic E-state index is 13.0. The van der Waals surface area contributed by atoms with E-state index < -0.39 is 66.6 Å². The molecule has 15 heteroatoms. The molecule has 192 valence electrons. The standard InChI is InChI=1S/C20H30N7O7P/c1-27(10-16(23)29)20(33)14(7-11-3-2-6-24-9-11)26-19(32)13(8-15(22)28)25-18(31)12(21)4-5-17(30)34-35/h2-3,6,9,12-14H,4-5,7-8,10,21,35H2,1H3,(H2,22,28)(H2,23,29)(H,25,31)(H,26,32)/t12-,13-,14-/m0/s1. The zero-order chi connectivity index (χ0) is 26.5. The van der Waals surface area contributed by atoms with Gasteiger partial charge in [0.25, 0.3) is 0 Å². The maximum Gasteiger partial charge on any atom is 0.307 e. The van der Waals surface area contributed by atoms with E-state index in [4.69, 9.17) is 17.2 Å². The Morgan fingerprint density at radius 2 is 1.74 bits per heavy atom. The molecule has 0 aliphatic carbocycles. The SMILES string of the molecule is CN(CC(N)=O)C(=O)[C@H](Cc1cccnc1)NC(=O)[C@H](CC(N)=O)NC(=O)[C@@H](N)CCC(=O)OP. The number of nitrogens with one attached hydrogen (secondary N) is 2. The van der Waals surface area contributed by atoms with Gasteiger partial charge in [0.15, 0.2) is 0 Å². The van der Waals surface area contributed by atoms with Crippen molar-refractivity contribution in [1.82, 2.24) is 20.5 Å². The average molecular weight is 511 g/mol. The molecule has 1 aromatic heterocycles. The third-order valence-corrected chi connectivity index (χ3v) is 4.98. The molecule has 5 amide bonds. The molecule has 0 saturated carbocycles. The fourth-order valence-corrected chi connectivity index (χ4v) is 3.08. The summed E-state index contributed by atoms with van der Waals surface area (Å²) < 4.78 is 4.41. The van der Waals surface area contributed by atoms with Crippen LogP contribution in [0.15, 0.2) is 24.5 Å². The van der Waals surface area contributed by atoms with Crippen LogP contribution in [-0.2, 0) is 39.7 Å². The predicted molar refractivity (Wildman–Crippen MR) is 125 cm³/mol. The van der Waals surface area contributed by atoms with Crippen LogP contribution in [0.2, 0.25) is 0 Å². The van der Waals surface area contributed by atoms with Crippen molar-refractivity contribution in [2.45, 2.75) is 43.8 Å². The summed E-state index contributed by atoms with van der Waals surface area (Å²) in [4.78, 5) is 77.3. The third kappa shape index (κ3) is 10.9. The highest BCUT2D eigenvalue weighted by Crippen LogP contribution is 2.07. The van der Waals surface area contributed by atoms with Gasteiger partial charge in [0.1, 0.15) is 12.1 Å². The van der Waals surface area contributed by atoms with Crippen LogP contribution >= 0.6 is 9.47 Å². The molecule has 0 aliphatic heterocycles. The number of likely N-dealkylation sites (N-methyl/N-ethyl adjacent to an activating group) is 1. The van der Waals surface area contributed by atoms with Crippen LogP contribution in [0.5, 0.6) is 0 Å². The fourth-order valence-electron chi connectivity index (χ4n) is 2.96. The molecule has 0 bridgehead atoms. The van der Waals surface area contributed by atoms with E-state index >= 15 is 0 Å². The van der Waals surface area contributed by atoms with Gasteiger partial charge in [-0.15, -0.1) is 0 Å². The first-order chi connectivity index (χ1) is 16.4. The van der Waals surface area contributed by atoms with Gasteiger partial charge in [0.05, 0.1) is 28.5 Å². The second-order valence-corrected chi connectivity index (χ2v) is 7.89. The van der Waals surface area contributed by atoms with E-state index in [9.17, 15) is 28.8 Å². The monoisotopic (exact) mass is 511 g/mol. The Balaban J connectivity index is 3.03. The van der Waals surface area contributed by atoms with Gasteiger partial charge in [-0.2, -0.15) is 0 Å². The number of rotatable bonds is 14. The molecule has 1 aromatic rings. The van der Waals surface area contributed by atoms with Gasteiger partial charge in [0.2, 0.25) is 29.5 Å². The number of hydrogen-bond donors (Lipinski definition) is 5. The molecule has 1 rings (SSSR count). The van der Waals surface area contributed by atoms with E-state index in [1.54, 1.807) is 21.6 Å². The number of amides is 5. The molecule has 0 saturated heterocycles. The van der Waals surface area contributed by atoms with Crippen LogP contribution in [0.1, 0.15) is 24.8 Å². The van der Waals surface area contributed by atoms with E-state index in [0.717, 1.165) is 4.90 Å². The summed E-state index contributed by atoms with van der Waals surface area (Å²) in [6.45, 7) is -0.396. The summed E-state index contributed by atoms with van der Waals surface area (Å²) in [7, 11) is 3.11. The van der Waals surface area contributed by atoms with Crippen molar-refractivity contribution in [1.29, 1.82) is 0 Å². The van der Waals surface area contributed by atoms with Gasteiger partial charge in [0, 0.05) is 32.3 Å². The summed E-state index contributed by atoms with van der Waals surface area (Å²) >= 11 is 0. The van der Waals surface area contributed by atoms with Gasteiger partial charge >= 0.3 is 5.97 Å². The molecule has 4 atom stereocenters. The molecule has 0 spiro atoms. The number of carbonyl (C=O) groups excluding carboxylic acids is 6. The van der Waals surface area contributed by atoms with Crippen molar-refractivity contribution < 1.29 is 33.3 Å². The average Bonchev–Trinajstić information content (AvgIpc) is 2.80. The van der Waals surface area contributed by atoms with Crippen molar-refractivity contribution in [3.63, 3.8) is 0 Å². The third-order valence-electron chi connectivity index (χ3n) is 4.71. The normalized spacial score (nSPS) is 13.0. The summed E-state index contributed by atoms with van der Waals surface area (Å²) in [6, 6.07) is -0.512. The number of pyridine rings is 1. The summed E-state index contributed by atoms with van der Waals surface area (Å²) in [5, 5.41) is 4.79. The van der Waals surface area contributed by atoms with Crippen molar-refractivity contribution in [2.24, 2.45) is 17.2 Å². The second-order valence-electron chi connectivity index (χ2n) is 7.65. The van der Waals surface area contributed by atoms with Crippen LogP contribution in [-0.4, -0.2) is 77.1 Å². The largest absolute Gasteiger partial charge is 0.452 e. The zero-order valence-electron chi connectivity index (χ0n) is 19.1. The minimum absolute atomic E-state index is 0.00456. The molecule has 8 N–H and O–H groups in total. The highest BCUT2D eigenvalue weighted by molar-refractivity contribution is 7.10. The lowest BCUT2D eigenvalue weighted by Gasteiger charge is -2.26. The molecule has 1 heterocycles. The van der Waals surface area contributed by atoms with Crippen LogP contribution in [0.3, 0.4) is 0 Å². The van der Waals surface area contributed by atoms with Crippen molar-refractivity contribution in [3.8, 4) is 0 Å². The van der Waals surface area contributed by atoms with E-state index in [0.29, 0.717) is 5.56 Å². The molecular weight excluding hydrogens is 481 g/mol. The first kappa shape index (κ1) is 29.4. The molecule has 0 fully saturated rings. The van der Waals surface area contributed by atoms with Crippen molar-refractivity contribution >= 4 is 45.0 Å². The summed E-state index contributed by atoms with van der Waals surface area (Å²) in [5.74, 6) is -4.61. The van der Waals surface area contributed by atoms with Crippen molar-refractivity contribution in [3.05, 3.63) is 30.1 Å². The summed E-state index contributed by atoms with van der Waals surface area (Å²) in [6.07, 6.45) is 2.20. The van der Waals surface area contributed by atoms with E-state index in [1.165, 1.54) is 19.4 Å². The summed E-state index contributed by atoms with van der Waals surface area (Å²) in [5.41, 5.74) is 16.7. The lowest BCUT2D eigenvalue weighted by atomic mass is 10.0. The maximum atomic E-state index is 13.0. The van der Waals surface area contributed by atoms with E-state index in [2.05, 4.69) is 20.1 Å². The number of carbonyl (C=O) groups is 6. The Bertz CT molecular complexity index is 932. The topological polar surface area (TPSA) is 230 Å². The number of nitrogens with two attached hydrogens (primary N) is 3. The van der Waals surface area contributed by atoms with Crippen molar-refractivity contribution in [2.75, 3.05) is 13.6 Å². The Hall–Kier alpha value is -3.64. The van der Waals surface area contributed by atoms with E-state index in [-0.39, 0.29) is 19.3 Å². The number of primary amides is 2. The quantitative estimate of drug-likeness (QED) is 0.159. The number of aromatic nitrogens is 1. The Morgan fingerprint density at radius 1 is 1.09 bits per heavy atom. The van der Waals surface area contributed by atoms with Gasteiger partial charge in [-0.3, -0.25) is 33.8 Å². The lowest BCUT2D eigenvalue weighted by molar-refractivity contribution is -0.138. The van der Waals surface area contributed by atoms with Gasteiger partial charge in [-0.05, 0) is 18.1 Å². The fraction of sp³-hybridized carbons (Fsp3) is 0.450. The predicted octanol–water partition coefficient (Wildman–Crippen LogP) is -3.15. The Morgan fingerprint density at radius 3 is 2.29 bits per heavy atom. The first-order valence-corrected chi connectivity index (χ1v) is 10.9. The zero-order valence-corrected chi connectivity index (χ0v) is 20.3. The molecule has 1 unspecified atom stereocenters. The smallest absolute Gasteiger partial charge is 0.307 e. The van der Waals surface area contributed by atoms with Crippen LogP contribution < -0.4 is 27.8 Å². The minimum Gasteiger partial charge on any atom is -0.452 e. The molecule has 0 aliphatic rings. The van der Waals surface area contributed by atoms with E-state index in [1.807, 2.05) is 0 Å². The van der Waals surface area contributed by atoms with Gasteiger partial charge in [-0.25, -0.2) is 0 Å². The Labute approximate surface area is 204 Å². The molecule has 0 radical (unpaired) electrons. The molecular formula is C20H30N7O7P. The molecule has 0 aromatic carbocycles. The number of nitrogens with zero attached hydrogens (tertiary/aromatic N) is 2. The second kappa shape index (κ2) is 14.6. The first-order valence-electron chi connectivity index (χ1n) is 10.4. The Kier molecular flexibility index (Phi) is 12.2. The lowest BCUT2D eigenvalue weighted by Crippen LogP contribution is -2.57. The van der Waals surface area contributed by atoms with Crippen LogP contribution in [0.4, 0.5) is 0 Å². The molecule has 14 nitrogen and oxygen atoms in total. The highest BCUT2D eigenvalue weighted by atomic mass is 31.0. The molecule has 35 heavy (non-hydrogen) atoms.